The minimum atomic E-state index is 0.218. The summed E-state index contributed by atoms with van der Waals surface area (Å²) in [6, 6.07) is 21.1. The number of rotatable bonds is 8. The minimum Gasteiger partial charge on any atom is -0.342 e. The lowest BCUT2D eigenvalue weighted by molar-refractivity contribution is -0.129. The van der Waals surface area contributed by atoms with Gasteiger partial charge in [-0.2, -0.15) is 0 Å². The Kier molecular flexibility index (Phi) is 6.58. The lowest BCUT2D eigenvalue weighted by atomic mass is 9.90. The number of likely N-dealkylation sites (tertiary alicyclic amines) is 1. The van der Waals surface area contributed by atoms with Gasteiger partial charge in [0.05, 0.1) is 12.3 Å². The summed E-state index contributed by atoms with van der Waals surface area (Å²) in [6.45, 7) is 2.49. The third-order valence-electron chi connectivity index (χ3n) is 6.53. The Morgan fingerprint density at radius 3 is 2.19 bits per heavy atom. The molecule has 0 spiro atoms. The van der Waals surface area contributed by atoms with Crippen LogP contribution in [0.5, 0.6) is 0 Å². The van der Waals surface area contributed by atoms with Crippen molar-refractivity contribution in [2.45, 2.75) is 49.7 Å². The third-order valence-corrected chi connectivity index (χ3v) is 7.48. The number of hydrogen-bond donors (Lipinski definition) is 0. The predicted molar refractivity (Wildman–Crippen MR) is 128 cm³/mol. The van der Waals surface area contributed by atoms with Gasteiger partial charge < -0.3 is 9.47 Å². The van der Waals surface area contributed by atoms with E-state index < -0.39 is 0 Å². The molecule has 6 heteroatoms. The molecule has 1 saturated carbocycles. The zero-order valence-electron chi connectivity index (χ0n) is 18.4. The zero-order valence-corrected chi connectivity index (χ0v) is 19.2. The van der Waals surface area contributed by atoms with E-state index in [1.165, 1.54) is 35.7 Å². The van der Waals surface area contributed by atoms with E-state index in [-0.39, 0.29) is 5.91 Å². The quantitative estimate of drug-likeness (QED) is 0.468. The molecule has 2 heterocycles. The first-order chi connectivity index (χ1) is 15.8. The fraction of sp³-hybridized carbons (Fsp3) is 0.423. The van der Waals surface area contributed by atoms with Gasteiger partial charge in [0, 0.05) is 19.0 Å². The van der Waals surface area contributed by atoms with Crippen LogP contribution in [0.4, 0.5) is 0 Å². The van der Waals surface area contributed by atoms with Crippen molar-refractivity contribution < 1.29 is 4.79 Å². The van der Waals surface area contributed by atoms with Crippen molar-refractivity contribution >= 4 is 17.7 Å². The fourth-order valence-electron chi connectivity index (χ4n) is 4.52. The first-order valence-corrected chi connectivity index (χ1v) is 12.7. The lowest BCUT2D eigenvalue weighted by Crippen LogP contribution is -2.39. The van der Waals surface area contributed by atoms with Crippen molar-refractivity contribution in [2.75, 3.05) is 18.8 Å². The molecule has 2 fully saturated rings. The van der Waals surface area contributed by atoms with Crippen LogP contribution in [-0.4, -0.2) is 44.4 Å². The Bertz CT molecular complexity index is 1020. The van der Waals surface area contributed by atoms with Crippen LogP contribution in [0, 0.1) is 5.92 Å². The molecule has 5 rings (SSSR count). The fourth-order valence-corrected chi connectivity index (χ4v) is 5.36. The first-order valence-electron chi connectivity index (χ1n) is 11.7. The summed E-state index contributed by atoms with van der Waals surface area (Å²) in [7, 11) is 0. The molecule has 1 aromatic heterocycles. The molecule has 0 atom stereocenters. The second kappa shape index (κ2) is 9.90. The summed E-state index contributed by atoms with van der Waals surface area (Å²) in [5.74, 6) is 2.92. The standard InChI is InChI=1S/C26H30N4OS/c31-24(29-15-13-21(14-16-29)17-20-7-3-1-4-8-20)19-32-26-28-27-25(23-11-12-23)30(26)18-22-9-5-2-6-10-22/h1-10,21,23H,11-19H2. The molecule has 0 radical (unpaired) electrons. The number of thioether (sulfide) groups is 1. The van der Waals surface area contributed by atoms with E-state index in [9.17, 15) is 4.79 Å². The van der Waals surface area contributed by atoms with Crippen molar-refractivity contribution in [3.05, 3.63) is 77.6 Å². The number of carbonyl (C=O) groups is 1. The summed E-state index contributed by atoms with van der Waals surface area (Å²) in [5, 5.41) is 9.80. The molecule has 0 bridgehead atoms. The number of aromatic nitrogens is 3. The molecule has 0 N–H and O–H groups in total. The SMILES string of the molecule is O=C(CSc1nnc(C2CC2)n1Cc1ccccc1)N1CCC(Cc2ccccc2)CC1. The minimum absolute atomic E-state index is 0.218. The smallest absolute Gasteiger partial charge is 0.233 e. The molecule has 1 amide bonds. The topological polar surface area (TPSA) is 51.0 Å². The van der Waals surface area contributed by atoms with Crippen LogP contribution in [0.2, 0.25) is 0 Å². The van der Waals surface area contributed by atoms with Gasteiger partial charge in [0.2, 0.25) is 5.91 Å². The number of carbonyl (C=O) groups excluding carboxylic acids is 1. The molecular formula is C26H30N4OS. The molecule has 2 aliphatic rings. The second-order valence-corrected chi connectivity index (χ2v) is 9.93. The Labute approximate surface area is 194 Å². The highest BCUT2D eigenvalue weighted by molar-refractivity contribution is 7.99. The van der Waals surface area contributed by atoms with Gasteiger partial charge in [-0.15, -0.1) is 10.2 Å². The van der Waals surface area contributed by atoms with Crippen LogP contribution in [0.1, 0.15) is 48.6 Å². The van der Waals surface area contributed by atoms with E-state index in [0.29, 0.717) is 17.6 Å². The predicted octanol–water partition coefficient (Wildman–Crippen LogP) is 4.78. The Morgan fingerprint density at radius 2 is 1.53 bits per heavy atom. The van der Waals surface area contributed by atoms with E-state index in [4.69, 9.17) is 0 Å². The second-order valence-electron chi connectivity index (χ2n) is 8.99. The average molecular weight is 447 g/mol. The van der Waals surface area contributed by atoms with Gasteiger partial charge in [0.1, 0.15) is 5.82 Å². The van der Waals surface area contributed by atoms with Crippen molar-refractivity contribution in [3.63, 3.8) is 0 Å². The maximum atomic E-state index is 12.9. The van der Waals surface area contributed by atoms with Crippen molar-refractivity contribution in [2.24, 2.45) is 5.92 Å². The van der Waals surface area contributed by atoms with Crippen LogP contribution in [-0.2, 0) is 17.8 Å². The summed E-state index contributed by atoms with van der Waals surface area (Å²) >= 11 is 1.54. The number of amides is 1. The van der Waals surface area contributed by atoms with Gasteiger partial charge in [0.15, 0.2) is 5.16 Å². The maximum absolute atomic E-state index is 12.9. The lowest BCUT2D eigenvalue weighted by Gasteiger charge is -2.32. The molecule has 0 unspecified atom stereocenters. The molecule has 5 nitrogen and oxygen atoms in total. The monoisotopic (exact) mass is 446 g/mol. The number of hydrogen-bond acceptors (Lipinski definition) is 4. The van der Waals surface area contributed by atoms with Gasteiger partial charge >= 0.3 is 0 Å². The molecule has 1 aliphatic heterocycles. The van der Waals surface area contributed by atoms with E-state index in [1.807, 2.05) is 11.0 Å². The van der Waals surface area contributed by atoms with Crippen LogP contribution < -0.4 is 0 Å². The maximum Gasteiger partial charge on any atom is 0.233 e. The van der Waals surface area contributed by atoms with E-state index in [2.05, 4.69) is 69.4 Å². The van der Waals surface area contributed by atoms with Gasteiger partial charge in [-0.05, 0) is 49.1 Å². The van der Waals surface area contributed by atoms with E-state index in [1.54, 1.807) is 0 Å². The third kappa shape index (κ3) is 5.23. The molecule has 166 valence electrons. The summed E-state index contributed by atoms with van der Waals surface area (Å²) in [6.07, 6.45) is 5.66. The Hall–Kier alpha value is -2.60. The summed E-state index contributed by atoms with van der Waals surface area (Å²) in [4.78, 5) is 14.9. The van der Waals surface area contributed by atoms with Gasteiger partial charge in [-0.1, -0.05) is 72.4 Å². The van der Waals surface area contributed by atoms with Crippen molar-refractivity contribution in [1.29, 1.82) is 0 Å². The van der Waals surface area contributed by atoms with Crippen LogP contribution in [0.25, 0.3) is 0 Å². The summed E-state index contributed by atoms with van der Waals surface area (Å²) in [5.41, 5.74) is 2.64. The van der Waals surface area contributed by atoms with Crippen LogP contribution in [0.15, 0.2) is 65.8 Å². The number of benzene rings is 2. The Morgan fingerprint density at radius 1 is 0.875 bits per heavy atom. The molecule has 32 heavy (non-hydrogen) atoms. The first kappa shape index (κ1) is 21.3. The highest BCUT2D eigenvalue weighted by atomic mass is 32.2. The van der Waals surface area contributed by atoms with Crippen LogP contribution in [0.3, 0.4) is 0 Å². The van der Waals surface area contributed by atoms with Gasteiger partial charge in [-0.25, -0.2) is 0 Å². The van der Waals surface area contributed by atoms with Gasteiger partial charge in [-0.3, -0.25) is 4.79 Å². The highest BCUT2D eigenvalue weighted by Crippen LogP contribution is 2.40. The highest BCUT2D eigenvalue weighted by Gasteiger charge is 2.31. The number of piperidine rings is 1. The van der Waals surface area contributed by atoms with Crippen molar-refractivity contribution in [3.8, 4) is 0 Å². The Balaban J connectivity index is 1.16. The van der Waals surface area contributed by atoms with Crippen molar-refractivity contribution in [1.82, 2.24) is 19.7 Å². The normalized spacial score (nSPS) is 16.9. The molecule has 1 aliphatic carbocycles. The molecular weight excluding hydrogens is 416 g/mol. The molecule has 2 aromatic carbocycles. The summed E-state index contributed by atoms with van der Waals surface area (Å²) < 4.78 is 2.22. The largest absolute Gasteiger partial charge is 0.342 e. The van der Waals surface area contributed by atoms with E-state index >= 15 is 0 Å². The zero-order chi connectivity index (χ0) is 21.8. The average Bonchev–Trinajstić information content (AvgIpc) is 3.61. The van der Waals surface area contributed by atoms with Crippen LogP contribution >= 0.6 is 11.8 Å². The van der Waals surface area contributed by atoms with E-state index in [0.717, 1.165) is 49.9 Å². The number of nitrogens with zero attached hydrogens (tertiary/aromatic N) is 4. The van der Waals surface area contributed by atoms with Gasteiger partial charge in [0.25, 0.3) is 0 Å². The molecule has 3 aromatic rings. The molecule has 1 saturated heterocycles.